The van der Waals surface area contributed by atoms with Crippen LogP contribution in [0.5, 0.6) is 5.75 Å². The molecule has 4 rings (SSSR count). The lowest BCUT2D eigenvalue weighted by Gasteiger charge is -2.36. The van der Waals surface area contributed by atoms with Crippen LogP contribution in [0.2, 0.25) is 0 Å². The van der Waals surface area contributed by atoms with Crippen molar-refractivity contribution < 1.29 is 28.3 Å². The van der Waals surface area contributed by atoms with Gasteiger partial charge in [0.15, 0.2) is 11.5 Å². The second-order valence-corrected chi connectivity index (χ2v) is 7.94. The number of aromatic nitrogens is 1. The molecule has 0 spiro atoms. The number of nitrogens with zero attached hydrogens (tertiary/aromatic N) is 2. The molecule has 30 heavy (non-hydrogen) atoms. The van der Waals surface area contributed by atoms with Crippen molar-refractivity contribution in [2.45, 2.75) is 25.3 Å². The topological polar surface area (TPSA) is 105 Å². The molecule has 1 aromatic carbocycles. The van der Waals surface area contributed by atoms with Crippen LogP contribution in [0, 0.1) is 17.7 Å². The van der Waals surface area contributed by atoms with E-state index in [0.29, 0.717) is 24.6 Å². The van der Waals surface area contributed by atoms with Gasteiger partial charge in [-0.1, -0.05) is 5.16 Å². The molecule has 0 bridgehead atoms. The van der Waals surface area contributed by atoms with Crippen LogP contribution in [0.1, 0.15) is 29.8 Å². The lowest BCUT2D eigenvalue weighted by Crippen LogP contribution is -2.53. The average molecular weight is 417 g/mol. The van der Waals surface area contributed by atoms with Crippen molar-refractivity contribution >= 4 is 11.9 Å². The van der Waals surface area contributed by atoms with Crippen LogP contribution in [0.3, 0.4) is 0 Å². The first-order valence-corrected chi connectivity index (χ1v) is 10.0. The number of aliphatic carboxylic acids is 1. The highest BCUT2D eigenvalue weighted by Crippen LogP contribution is 2.31. The van der Waals surface area contributed by atoms with Crippen LogP contribution in [0.25, 0.3) is 11.3 Å². The minimum absolute atomic E-state index is 0.0234. The third-order valence-corrected chi connectivity index (χ3v) is 5.73. The molecule has 160 valence electrons. The number of hydrogen-bond acceptors (Lipinski definition) is 6. The van der Waals surface area contributed by atoms with Crippen molar-refractivity contribution in [1.82, 2.24) is 15.4 Å². The zero-order valence-electron chi connectivity index (χ0n) is 16.6. The third kappa shape index (κ3) is 4.46. The van der Waals surface area contributed by atoms with Crippen molar-refractivity contribution in [3.05, 3.63) is 35.8 Å². The van der Waals surface area contributed by atoms with Crippen molar-refractivity contribution in [2.75, 3.05) is 26.7 Å². The smallest absolute Gasteiger partial charge is 0.309 e. The van der Waals surface area contributed by atoms with E-state index in [1.165, 1.54) is 38.2 Å². The van der Waals surface area contributed by atoms with Crippen molar-refractivity contribution in [3.8, 4) is 17.1 Å². The second kappa shape index (κ2) is 8.43. The number of ether oxygens (including phenoxy) is 1. The van der Waals surface area contributed by atoms with Crippen LogP contribution < -0.4 is 10.1 Å². The van der Waals surface area contributed by atoms with Gasteiger partial charge in [0.05, 0.1) is 18.6 Å². The van der Waals surface area contributed by atoms with Gasteiger partial charge in [0.2, 0.25) is 0 Å². The lowest BCUT2D eigenvalue weighted by atomic mass is 9.91. The summed E-state index contributed by atoms with van der Waals surface area (Å²) >= 11 is 0. The number of carboxylic acids is 1. The molecule has 1 aromatic heterocycles. The predicted octanol–water partition coefficient (Wildman–Crippen LogP) is 2.40. The zero-order valence-corrected chi connectivity index (χ0v) is 16.6. The Kier molecular flexibility index (Phi) is 5.72. The van der Waals surface area contributed by atoms with Gasteiger partial charge in [-0.2, -0.15) is 0 Å². The van der Waals surface area contributed by atoms with E-state index in [9.17, 15) is 19.1 Å². The molecule has 2 atom stereocenters. The van der Waals surface area contributed by atoms with E-state index in [4.69, 9.17) is 9.26 Å². The summed E-state index contributed by atoms with van der Waals surface area (Å²) in [6, 6.07) is 5.12. The van der Waals surface area contributed by atoms with Crippen LogP contribution in [-0.2, 0) is 4.79 Å². The summed E-state index contributed by atoms with van der Waals surface area (Å²) in [6.45, 7) is 2.08. The summed E-state index contributed by atoms with van der Waals surface area (Å²) in [5, 5.41) is 16.1. The summed E-state index contributed by atoms with van der Waals surface area (Å²) in [4.78, 5) is 26.5. The SMILES string of the molecule is COc1ccc(-c2cc(C(=O)NC3CCN(CC4CC4)CC3C(=O)O)no2)c(F)c1. The molecule has 2 fully saturated rings. The van der Waals surface area contributed by atoms with Gasteiger partial charge in [-0.05, 0) is 37.3 Å². The van der Waals surface area contributed by atoms with Crippen LogP contribution >= 0.6 is 0 Å². The highest BCUT2D eigenvalue weighted by molar-refractivity contribution is 5.93. The van der Waals surface area contributed by atoms with Gasteiger partial charge >= 0.3 is 5.97 Å². The Morgan fingerprint density at radius 3 is 2.80 bits per heavy atom. The number of rotatable bonds is 7. The standard InChI is InChI=1S/C21H24FN3O5/c1-29-13-4-5-14(16(22)8-13)19-9-18(24-30-19)20(26)23-17-6-7-25(10-12-2-3-12)11-15(17)21(27)28/h4-5,8-9,12,15,17H,2-3,6-7,10-11H2,1H3,(H,23,26)(H,27,28). The van der Waals surface area contributed by atoms with E-state index in [1.807, 2.05) is 0 Å². The minimum Gasteiger partial charge on any atom is -0.497 e. The van der Waals surface area contributed by atoms with Gasteiger partial charge in [-0.3, -0.25) is 9.59 Å². The molecule has 1 amide bonds. The summed E-state index contributed by atoms with van der Waals surface area (Å²) in [5.74, 6) is -1.57. The predicted molar refractivity (Wildman–Crippen MR) is 105 cm³/mol. The summed E-state index contributed by atoms with van der Waals surface area (Å²) < 4.78 is 24.4. The summed E-state index contributed by atoms with van der Waals surface area (Å²) in [6.07, 6.45) is 2.96. The average Bonchev–Trinajstić information content (AvgIpc) is 3.40. The maximum atomic E-state index is 14.2. The molecular weight excluding hydrogens is 393 g/mol. The molecule has 2 unspecified atom stereocenters. The molecule has 2 aliphatic rings. The Bertz CT molecular complexity index is 942. The van der Waals surface area contributed by atoms with E-state index in [0.717, 1.165) is 13.1 Å². The van der Waals surface area contributed by atoms with Crippen LogP contribution in [0.4, 0.5) is 4.39 Å². The molecule has 2 heterocycles. The number of carbonyl (C=O) groups excluding carboxylic acids is 1. The maximum Gasteiger partial charge on any atom is 0.309 e. The van der Waals surface area contributed by atoms with E-state index in [-0.39, 0.29) is 17.0 Å². The number of halogens is 1. The Hall–Kier alpha value is -2.94. The summed E-state index contributed by atoms with van der Waals surface area (Å²) in [7, 11) is 1.44. The number of nitrogens with one attached hydrogen (secondary N) is 1. The van der Waals surface area contributed by atoms with Gasteiger partial charge in [0.1, 0.15) is 11.6 Å². The Labute approximate surface area is 173 Å². The van der Waals surface area contributed by atoms with E-state index < -0.39 is 29.7 Å². The van der Waals surface area contributed by atoms with Gasteiger partial charge in [-0.25, -0.2) is 4.39 Å². The van der Waals surface area contributed by atoms with E-state index >= 15 is 0 Å². The molecule has 1 aliphatic heterocycles. The number of hydrogen-bond donors (Lipinski definition) is 2. The molecule has 1 saturated carbocycles. The Morgan fingerprint density at radius 1 is 1.33 bits per heavy atom. The molecule has 2 aromatic rings. The minimum atomic E-state index is -0.929. The van der Waals surface area contributed by atoms with Crippen molar-refractivity contribution in [2.24, 2.45) is 11.8 Å². The maximum absolute atomic E-state index is 14.2. The quantitative estimate of drug-likeness (QED) is 0.713. The number of carboxylic acid groups (broad SMARTS) is 1. The third-order valence-electron chi connectivity index (χ3n) is 5.73. The lowest BCUT2D eigenvalue weighted by molar-refractivity contribution is -0.144. The summed E-state index contributed by atoms with van der Waals surface area (Å²) in [5.41, 5.74) is 0.129. The van der Waals surface area contributed by atoms with Gasteiger partial charge in [-0.15, -0.1) is 0 Å². The highest BCUT2D eigenvalue weighted by atomic mass is 19.1. The van der Waals surface area contributed by atoms with Gasteiger partial charge < -0.3 is 24.6 Å². The normalized spacial score (nSPS) is 21.9. The van der Waals surface area contributed by atoms with Crippen LogP contribution in [0.15, 0.2) is 28.8 Å². The van der Waals surface area contributed by atoms with Gasteiger partial charge in [0.25, 0.3) is 5.91 Å². The first-order valence-electron chi connectivity index (χ1n) is 10.0. The molecule has 0 radical (unpaired) electrons. The first-order chi connectivity index (χ1) is 14.4. The van der Waals surface area contributed by atoms with Gasteiger partial charge in [0, 0.05) is 37.8 Å². The molecular formula is C21H24FN3O5. The monoisotopic (exact) mass is 417 g/mol. The molecule has 1 saturated heterocycles. The van der Waals surface area contributed by atoms with Crippen molar-refractivity contribution in [3.63, 3.8) is 0 Å². The number of carbonyl (C=O) groups is 2. The van der Waals surface area contributed by atoms with E-state index in [2.05, 4.69) is 15.4 Å². The molecule has 8 nitrogen and oxygen atoms in total. The second-order valence-electron chi connectivity index (χ2n) is 7.94. The fourth-order valence-electron chi connectivity index (χ4n) is 3.85. The molecule has 9 heteroatoms. The van der Waals surface area contributed by atoms with E-state index in [1.54, 1.807) is 6.07 Å². The number of piperidine rings is 1. The number of amides is 1. The Morgan fingerprint density at radius 2 is 2.13 bits per heavy atom. The zero-order chi connectivity index (χ0) is 21.3. The number of likely N-dealkylation sites (tertiary alicyclic amines) is 1. The highest BCUT2D eigenvalue weighted by Gasteiger charge is 2.37. The first kappa shape index (κ1) is 20.3. The van der Waals surface area contributed by atoms with Crippen molar-refractivity contribution in [1.29, 1.82) is 0 Å². The molecule has 1 aliphatic carbocycles. The molecule has 2 N–H and O–H groups in total. The largest absolute Gasteiger partial charge is 0.497 e. The van der Waals surface area contributed by atoms with Crippen LogP contribution in [-0.4, -0.2) is 59.8 Å². The number of methoxy groups -OCH3 is 1. The fourth-order valence-corrected chi connectivity index (χ4v) is 3.85. The Balaban J connectivity index is 1.43. The fraction of sp³-hybridized carbons (Fsp3) is 0.476. The number of benzene rings is 1.